The lowest BCUT2D eigenvalue weighted by atomic mass is 9.71. The number of carbonyl (C=O) groups excluding carboxylic acids is 2. The van der Waals surface area contributed by atoms with Gasteiger partial charge in [-0.25, -0.2) is 4.79 Å². The number of carbonyl (C=O) groups is 2. The number of hydrogen-bond donors (Lipinski definition) is 3. The maximum absolute atomic E-state index is 13.9. The van der Waals surface area contributed by atoms with Crippen LogP contribution in [0.2, 0.25) is 0 Å². The second kappa shape index (κ2) is 10.8. The Morgan fingerprint density at radius 3 is 2.68 bits per heavy atom. The molecule has 1 aliphatic carbocycles. The minimum absolute atomic E-state index is 0.0733. The van der Waals surface area contributed by atoms with Crippen molar-refractivity contribution in [3.05, 3.63) is 88.4 Å². The molecule has 2 heterocycles. The van der Waals surface area contributed by atoms with E-state index in [-0.39, 0.29) is 23.7 Å². The van der Waals surface area contributed by atoms with Crippen molar-refractivity contribution in [2.45, 2.75) is 37.7 Å². The Morgan fingerprint density at radius 1 is 1.11 bits per heavy atom. The number of fused-ring (bicyclic) bond motifs is 1. The molecule has 0 saturated heterocycles. The van der Waals surface area contributed by atoms with Crippen LogP contribution in [0, 0.1) is 0 Å². The number of ether oxygens (including phenoxy) is 2. The van der Waals surface area contributed by atoms with Crippen LogP contribution in [0.1, 0.15) is 42.7 Å². The van der Waals surface area contributed by atoms with Gasteiger partial charge in [-0.1, -0.05) is 30.3 Å². The number of ketones is 1. The Hall–Kier alpha value is -3.95. The van der Waals surface area contributed by atoms with E-state index in [1.54, 1.807) is 14.0 Å². The Kier molecular flexibility index (Phi) is 7.31. The highest BCUT2D eigenvalue weighted by atomic mass is 19.3. The molecular formula is C29H29FN2O6. The van der Waals surface area contributed by atoms with Gasteiger partial charge in [-0.3, -0.25) is 4.79 Å². The average molecular weight is 521 g/mol. The van der Waals surface area contributed by atoms with E-state index in [9.17, 15) is 19.2 Å². The minimum atomic E-state index is -1.32. The van der Waals surface area contributed by atoms with E-state index in [1.165, 1.54) is 0 Å². The highest BCUT2D eigenvalue weighted by Crippen LogP contribution is 2.48. The van der Waals surface area contributed by atoms with Gasteiger partial charge in [0.1, 0.15) is 25.1 Å². The van der Waals surface area contributed by atoms with E-state index < -0.39 is 31.2 Å². The zero-order valence-electron chi connectivity index (χ0n) is 21.1. The standard InChI is InChI=1S/C29H29FN2O6/c1-16-26(29(35)37-14-18(33)15-38-30)27(21-7-5-8-22-20(21)10-11-31-22)28-23(32-16)12-17(13-24(28)34)19-6-3-4-9-25(19)36-2/h3-11,17-18,27,31-33H,12-15H2,1-2H3/t17-,18+,27-/m1/s1. The molecule has 5 rings (SSSR count). The summed E-state index contributed by atoms with van der Waals surface area (Å²) in [4.78, 5) is 33.9. The number of methoxy groups -OCH3 is 1. The molecular weight excluding hydrogens is 491 g/mol. The summed E-state index contributed by atoms with van der Waals surface area (Å²) in [6, 6.07) is 15.3. The molecule has 0 radical (unpaired) electrons. The number of aliphatic hydroxyl groups excluding tert-OH is 1. The molecule has 38 heavy (non-hydrogen) atoms. The van der Waals surface area contributed by atoms with Crippen LogP contribution in [0.4, 0.5) is 4.53 Å². The zero-order valence-corrected chi connectivity index (χ0v) is 21.1. The molecule has 0 unspecified atom stereocenters. The van der Waals surface area contributed by atoms with Crippen molar-refractivity contribution in [2.75, 3.05) is 20.3 Å². The van der Waals surface area contributed by atoms with E-state index in [0.29, 0.717) is 17.7 Å². The highest BCUT2D eigenvalue weighted by Gasteiger charge is 2.42. The number of dihydropyridines is 1. The Morgan fingerprint density at radius 2 is 1.89 bits per heavy atom. The van der Waals surface area contributed by atoms with E-state index in [2.05, 4.69) is 15.2 Å². The van der Waals surface area contributed by atoms with Gasteiger partial charge in [0.2, 0.25) is 0 Å². The first-order valence-electron chi connectivity index (χ1n) is 12.4. The van der Waals surface area contributed by atoms with Gasteiger partial charge in [0.25, 0.3) is 0 Å². The Balaban J connectivity index is 1.58. The van der Waals surface area contributed by atoms with E-state index >= 15 is 0 Å². The van der Waals surface area contributed by atoms with Crippen LogP contribution in [-0.2, 0) is 19.3 Å². The molecule has 3 aromatic rings. The third kappa shape index (κ3) is 4.70. The van der Waals surface area contributed by atoms with Gasteiger partial charge < -0.3 is 24.9 Å². The molecule has 0 saturated carbocycles. The number of aliphatic hydroxyl groups is 1. The molecule has 0 amide bonds. The van der Waals surface area contributed by atoms with Crippen LogP contribution in [0.15, 0.2) is 77.3 Å². The highest BCUT2D eigenvalue weighted by molar-refractivity contribution is 6.05. The summed E-state index contributed by atoms with van der Waals surface area (Å²) >= 11 is 0. The van der Waals surface area contributed by atoms with Gasteiger partial charge in [-0.2, -0.15) is 4.94 Å². The molecule has 1 aliphatic heterocycles. The van der Waals surface area contributed by atoms with Gasteiger partial charge in [-0.15, -0.1) is 0 Å². The number of allylic oxidation sites excluding steroid dienone is 3. The van der Waals surface area contributed by atoms with Gasteiger partial charge in [-0.05, 0) is 47.2 Å². The molecule has 1 aromatic heterocycles. The van der Waals surface area contributed by atoms with Crippen LogP contribution in [-0.4, -0.2) is 48.3 Å². The van der Waals surface area contributed by atoms with Crippen molar-refractivity contribution in [2.24, 2.45) is 0 Å². The summed E-state index contributed by atoms with van der Waals surface area (Å²) in [5.74, 6) is -0.816. The lowest BCUT2D eigenvalue weighted by Crippen LogP contribution is -2.36. The Labute approximate surface area is 219 Å². The van der Waals surface area contributed by atoms with Crippen LogP contribution in [0.25, 0.3) is 10.9 Å². The topological polar surface area (TPSA) is 110 Å². The molecule has 3 atom stereocenters. The normalized spacial score (nSPS) is 20.3. The quantitative estimate of drug-likeness (QED) is 0.379. The largest absolute Gasteiger partial charge is 0.496 e. The zero-order chi connectivity index (χ0) is 26.8. The number of benzene rings is 2. The van der Waals surface area contributed by atoms with Gasteiger partial charge in [0, 0.05) is 52.3 Å². The molecule has 198 valence electrons. The van der Waals surface area contributed by atoms with E-state index in [1.807, 2.05) is 54.7 Å². The minimum Gasteiger partial charge on any atom is -0.496 e. The second-order valence-electron chi connectivity index (χ2n) is 9.57. The van der Waals surface area contributed by atoms with Crippen LogP contribution < -0.4 is 10.1 Å². The van der Waals surface area contributed by atoms with Gasteiger partial charge >= 0.3 is 5.97 Å². The van der Waals surface area contributed by atoms with Gasteiger partial charge in [0.05, 0.1) is 12.7 Å². The van der Waals surface area contributed by atoms with Crippen molar-refractivity contribution in [3.8, 4) is 5.75 Å². The van der Waals surface area contributed by atoms with Crippen molar-refractivity contribution >= 4 is 22.7 Å². The molecule has 9 heteroatoms. The summed E-state index contributed by atoms with van der Waals surface area (Å²) in [5.41, 5.74) is 4.73. The first-order chi connectivity index (χ1) is 18.4. The van der Waals surface area contributed by atoms with Crippen molar-refractivity contribution in [1.82, 2.24) is 10.3 Å². The molecule has 0 bridgehead atoms. The smallest absolute Gasteiger partial charge is 0.336 e. The fourth-order valence-electron chi connectivity index (χ4n) is 5.58. The molecule has 3 N–H and O–H groups in total. The lowest BCUT2D eigenvalue weighted by molar-refractivity contribution is -0.169. The number of halogens is 1. The van der Waals surface area contributed by atoms with Crippen molar-refractivity contribution in [3.63, 3.8) is 0 Å². The number of aromatic nitrogens is 1. The summed E-state index contributed by atoms with van der Waals surface area (Å²) < 4.78 is 23.1. The van der Waals surface area contributed by atoms with Crippen LogP contribution >= 0.6 is 0 Å². The average Bonchev–Trinajstić information content (AvgIpc) is 3.40. The second-order valence-corrected chi connectivity index (χ2v) is 9.57. The van der Waals surface area contributed by atoms with Crippen LogP contribution in [0.5, 0.6) is 5.75 Å². The summed E-state index contributed by atoms with van der Waals surface area (Å²) in [6.07, 6.45) is 1.31. The van der Waals surface area contributed by atoms with Gasteiger partial charge in [0.15, 0.2) is 5.78 Å². The Bertz CT molecular complexity index is 1440. The predicted molar refractivity (Wildman–Crippen MR) is 138 cm³/mol. The van der Waals surface area contributed by atoms with E-state index in [0.717, 1.165) is 33.5 Å². The number of nitrogens with one attached hydrogen (secondary N) is 2. The monoisotopic (exact) mass is 520 g/mol. The van der Waals surface area contributed by atoms with E-state index in [4.69, 9.17) is 9.47 Å². The fourth-order valence-corrected chi connectivity index (χ4v) is 5.58. The molecule has 0 fully saturated rings. The first-order valence-corrected chi connectivity index (χ1v) is 12.4. The molecule has 2 aromatic carbocycles. The van der Waals surface area contributed by atoms with Crippen molar-refractivity contribution < 1.29 is 33.6 Å². The molecule has 2 aliphatic rings. The number of hydrogen-bond acceptors (Lipinski definition) is 7. The number of esters is 1. The predicted octanol–water partition coefficient (Wildman–Crippen LogP) is 4.34. The number of H-pyrrole nitrogens is 1. The number of para-hydroxylation sites is 1. The number of Topliss-reactive ketones (excluding diaryl/α,β-unsaturated/α-hetero) is 1. The number of aromatic amines is 1. The number of rotatable bonds is 8. The maximum Gasteiger partial charge on any atom is 0.336 e. The summed E-state index contributed by atoms with van der Waals surface area (Å²) in [7, 11) is 1.61. The van der Waals surface area contributed by atoms with Crippen LogP contribution in [0.3, 0.4) is 0 Å². The third-order valence-electron chi connectivity index (χ3n) is 7.23. The fraction of sp³-hybridized carbons (Fsp3) is 0.310. The van der Waals surface area contributed by atoms with Crippen molar-refractivity contribution in [1.29, 1.82) is 0 Å². The lowest BCUT2D eigenvalue weighted by Gasteiger charge is -2.37. The summed E-state index contributed by atoms with van der Waals surface area (Å²) in [5, 5.41) is 14.0. The maximum atomic E-state index is 13.9. The molecule has 0 spiro atoms. The SMILES string of the molecule is COc1ccccc1[C@H]1CC(=O)C2=C(C1)NC(C)=C(C(=O)OC[C@H](O)COF)[C@H]2c1cccc2[nH]ccc12. The third-order valence-corrected chi connectivity index (χ3v) is 7.23. The summed E-state index contributed by atoms with van der Waals surface area (Å²) in [6.45, 7) is 0.701. The molecule has 8 nitrogen and oxygen atoms in total. The first kappa shape index (κ1) is 25.7.